The molecule has 1 aliphatic heterocycles. The van der Waals surface area contributed by atoms with E-state index in [1.54, 1.807) is 11.8 Å². The van der Waals surface area contributed by atoms with Crippen molar-refractivity contribution in [3.63, 3.8) is 0 Å². The number of hydrogen-bond acceptors (Lipinski definition) is 7. The van der Waals surface area contributed by atoms with Gasteiger partial charge in [0.2, 0.25) is 0 Å². The fourth-order valence-corrected chi connectivity index (χ4v) is 5.88. The number of carbonyl (C=O) groups is 1. The van der Waals surface area contributed by atoms with Crippen LogP contribution in [0.4, 0.5) is 5.95 Å². The minimum atomic E-state index is -0.237. The average Bonchev–Trinajstić information content (AvgIpc) is 3.47. The lowest BCUT2D eigenvalue weighted by atomic mass is 9.96. The molecule has 38 heavy (non-hydrogen) atoms. The van der Waals surface area contributed by atoms with E-state index in [9.17, 15) is 4.79 Å². The molecule has 8 nitrogen and oxygen atoms in total. The second-order valence-corrected chi connectivity index (χ2v) is 10.7. The number of amides is 1. The van der Waals surface area contributed by atoms with Gasteiger partial charge in [0, 0.05) is 36.1 Å². The SMILES string of the molecule is O=C(Nc1nn[nH]n1)c1ccccc1SCCCN1CCN(C(c2ccccc2)c2ccc(Cl)cc2)CC1. The molecule has 1 aromatic heterocycles. The van der Waals surface area contributed by atoms with E-state index >= 15 is 0 Å². The number of piperazine rings is 1. The van der Waals surface area contributed by atoms with E-state index in [1.807, 2.05) is 36.4 Å². The number of nitrogens with one attached hydrogen (secondary N) is 2. The van der Waals surface area contributed by atoms with Gasteiger partial charge in [-0.2, -0.15) is 5.21 Å². The van der Waals surface area contributed by atoms with E-state index in [2.05, 4.69) is 78.2 Å². The number of H-pyrrole nitrogens is 1. The molecule has 5 rings (SSSR count). The van der Waals surface area contributed by atoms with Crippen molar-refractivity contribution < 1.29 is 4.79 Å². The predicted octanol–water partition coefficient (Wildman–Crippen LogP) is 4.99. The third-order valence-electron chi connectivity index (χ3n) is 6.65. The summed E-state index contributed by atoms with van der Waals surface area (Å²) in [6.45, 7) is 5.12. The van der Waals surface area contributed by atoms with Crippen LogP contribution in [0, 0.1) is 0 Å². The first-order valence-electron chi connectivity index (χ1n) is 12.7. The van der Waals surface area contributed by atoms with Crippen molar-refractivity contribution in [1.82, 2.24) is 30.4 Å². The molecule has 1 saturated heterocycles. The van der Waals surface area contributed by atoms with Crippen molar-refractivity contribution in [2.24, 2.45) is 0 Å². The molecule has 196 valence electrons. The Balaban J connectivity index is 1.12. The summed E-state index contributed by atoms with van der Waals surface area (Å²) < 4.78 is 0. The van der Waals surface area contributed by atoms with Crippen molar-refractivity contribution in [2.75, 3.05) is 43.8 Å². The number of carbonyl (C=O) groups excluding carboxylic acids is 1. The Bertz CT molecular complexity index is 1300. The Morgan fingerprint density at radius 1 is 0.947 bits per heavy atom. The molecule has 3 aromatic carbocycles. The number of halogens is 1. The molecule has 0 aliphatic carbocycles. The van der Waals surface area contributed by atoms with E-state index in [-0.39, 0.29) is 17.9 Å². The van der Waals surface area contributed by atoms with Gasteiger partial charge in [-0.1, -0.05) is 71.3 Å². The Morgan fingerprint density at radius 3 is 2.39 bits per heavy atom. The maximum atomic E-state index is 12.7. The normalized spacial score (nSPS) is 15.3. The van der Waals surface area contributed by atoms with Crippen molar-refractivity contribution in [1.29, 1.82) is 0 Å². The van der Waals surface area contributed by atoms with Crippen LogP contribution < -0.4 is 5.32 Å². The maximum absolute atomic E-state index is 12.7. The topological polar surface area (TPSA) is 90.0 Å². The number of nitrogens with zero attached hydrogens (tertiary/aromatic N) is 5. The number of tetrazole rings is 1. The molecule has 2 heterocycles. The minimum Gasteiger partial charge on any atom is -0.301 e. The average molecular weight is 548 g/mol. The zero-order valence-corrected chi connectivity index (χ0v) is 22.5. The van der Waals surface area contributed by atoms with Gasteiger partial charge < -0.3 is 4.90 Å². The second-order valence-electron chi connectivity index (χ2n) is 9.13. The van der Waals surface area contributed by atoms with Crippen LogP contribution in [0.5, 0.6) is 0 Å². The molecule has 0 radical (unpaired) electrons. The van der Waals surface area contributed by atoms with Gasteiger partial charge in [-0.05, 0) is 59.3 Å². The third kappa shape index (κ3) is 6.79. The van der Waals surface area contributed by atoms with Crippen LogP contribution in [0.15, 0.2) is 83.8 Å². The first kappa shape index (κ1) is 26.4. The summed E-state index contributed by atoms with van der Waals surface area (Å²) in [4.78, 5) is 18.7. The number of aromatic nitrogens is 4. The van der Waals surface area contributed by atoms with Crippen molar-refractivity contribution in [3.05, 3.63) is 101 Å². The van der Waals surface area contributed by atoms with E-state index in [0.717, 1.165) is 54.8 Å². The smallest absolute Gasteiger partial charge is 0.270 e. The minimum absolute atomic E-state index is 0.166. The molecule has 0 bridgehead atoms. The third-order valence-corrected chi connectivity index (χ3v) is 8.06. The lowest BCUT2D eigenvalue weighted by molar-refractivity contribution is 0.102. The van der Waals surface area contributed by atoms with Crippen LogP contribution in [0.1, 0.15) is 33.9 Å². The first-order valence-corrected chi connectivity index (χ1v) is 14.1. The van der Waals surface area contributed by atoms with Gasteiger partial charge in [-0.15, -0.1) is 16.9 Å². The van der Waals surface area contributed by atoms with Gasteiger partial charge >= 0.3 is 0 Å². The van der Waals surface area contributed by atoms with Crippen LogP contribution in [-0.4, -0.2) is 74.8 Å². The van der Waals surface area contributed by atoms with Crippen molar-refractivity contribution >= 4 is 35.2 Å². The number of rotatable bonds is 10. The quantitative estimate of drug-likeness (QED) is 0.213. The summed E-state index contributed by atoms with van der Waals surface area (Å²) in [6, 6.07) is 26.8. The standard InChI is InChI=1S/C28H30ClN7OS/c29-23-13-11-22(12-14-23)26(21-7-2-1-3-8-21)36-18-16-35(17-19-36)15-6-20-38-25-10-5-4-9-24(25)27(37)30-28-31-33-34-32-28/h1-5,7-14,26H,6,15-20H2,(H2,30,31,32,33,34,37). The number of hydrogen-bond donors (Lipinski definition) is 2. The highest BCUT2D eigenvalue weighted by Gasteiger charge is 2.26. The molecule has 10 heteroatoms. The van der Waals surface area contributed by atoms with Crippen molar-refractivity contribution in [2.45, 2.75) is 17.4 Å². The predicted molar refractivity (Wildman–Crippen MR) is 152 cm³/mol. The van der Waals surface area contributed by atoms with Gasteiger partial charge in [0.05, 0.1) is 11.6 Å². The Hall–Kier alpha value is -3.24. The molecule has 1 amide bonds. The fraction of sp³-hybridized carbons (Fsp3) is 0.286. The van der Waals surface area contributed by atoms with Crippen LogP contribution in [0.2, 0.25) is 5.02 Å². The van der Waals surface area contributed by atoms with Gasteiger partial charge in [0.1, 0.15) is 0 Å². The molecule has 2 N–H and O–H groups in total. The number of thioether (sulfide) groups is 1. The fourth-order valence-electron chi connectivity index (χ4n) is 4.77. The number of anilines is 1. The summed E-state index contributed by atoms with van der Waals surface area (Å²) in [7, 11) is 0. The highest BCUT2D eigenvalue weighted by atomic mass is 35.5. The summed E-state index contributed by atoms with van der Waals surface area (Å²) in [5.74, 6) is 0.864. The van der Waals surface area contributed by atoms with Crippen molar-refractivity contribution in [3.8, 4) is 0 Å². The lowest BCUT2D eigenvalue weighted by Gasteiger charge is -2.40. The van der Waals surface area contributed by atoms with Gasteiger partial charge in [0.15, 0.2) is 0 Å². The maximum Gasteiger partial charge on any atom is 0.270 e. The van der Waals surface area contributed by atoms with E-state index in [0.29, 0.717) is 5.56 Å². The van der Waals surface area contributed by atoms with E-state index < -0.39 is 0 Å². The molecule has 1 aliphatic rings. The molecule has 1 unspecified atom stereocenters. The highest BCUT2D eigenvalue weighted by Crippen LogP contribution is 2.30. The molecule has 1 fully saturated rings. The van der Waals surface area contributed by atoms with Crippen LogP contribution >= 0.6 is 23.4 Å². The summed E-state index contributed by atoms with van der Waals surface area (Å²) in [5.41, 5.74) is 3.19. The second kappa shape index (κ2) is 13.0. The van der Waals surface area contributed by atoms with Gasteiger partial charge in [-0.25, -0.2) is 0 Å². The summed E-state index contributed by atoms with van der Waals surface area (Å²) in [5, 5.41) is 16.8. The molecule has 0 spiro atoms. The van der Waals surface area contributed by atoms with E-state index in [4.69, 9.17) is 11.6 Å². The zero-order valence-electron chi connectivity index (χ0n) is 21.0. The number of aromatic amines is 1. The summed E-state index contributed by atoms with van der Waals surface area (Å²) >= 11 is 7.87. The lowest BCUT2D eigenvalue weighted by Crippen LogP contribution is -2.48. The van der Waals surface area contributed by atoms with E-state index in [1.165, 1.54) is 11.1 Å². The zero-order chi connectivity index (χ0) is 26.2. The highest BCUT2D eigenvalue weighted by molar-refractivity contribution is 7.99. The number of benzene rings is 3. The van der Waals surface area contributed by atoms with Crippen LogP contribution in [-0.2, 0) is 0 Å². The Kier molecular flexibility index (Phi) is 9.03. The van der Waals surface area contributed by atoms with Gasteiger partial charge in [0.25, 0.3) is 11.9 Å². The van der Waals surface area contributed by atoms with Crippen LogP contribution in [0.3, 0.4) is 0 Å². The largest absolute Gasteiger partial charge is 0.301 e. The molecule has 0 saturated carbocycles. The summed E-state index contributed by atoms with van der Waals surface area (Å²) in [6.07, 6.45) is 1.05. The molecular formula is C28H30ClN7OS. The Morgan fingerprint density at radius 2 is 1.66 bits per heavy atom. The molecule has 1 atom stereocenters. The Labute approximate surface area is 231 Å². The van der Waals surface area contributed by atoms with Gasteiger partial charge in [-0.3, -0.25) is 15.0 Å². The van der Waals surface area contributed by atoms with Crippen LogP contribution in [0.25, 0.3) is 0 Å². The molecular weight excluding hydrogens is 518 g/mol. The first-order chi connectivity index (χ1) is 18.7. The monoisotopic (exact) mass is 547 g/mol. The molecule has 4 aromatic rings.